The van der Waals surface area contributed by atoms with E-state index >= 15 is 0 Å². The lowest BCUT2D eigenvalue weighted by Gasteiger charge is -2.35. The molecular formula is C9H14F3N5. The molecule has 0 saturated carbocycles. The monoisotopic (exact) mass is 249 g/mol. The van der Waals surface area contributed by atoms with E-state index in [0.29, 0.717) is 32.0 Å². The van der Waals surface area contributed by atoms with Crippen LogP contribution in [0.1, 0.15) is 0 Å². The van der Waals surface area contributed by atoms with Crippen LogP contribution in [-0.4, -0.2) is 54.0 Å². The van der Waals surface area contributed by atoms with Crippen LogP contribution in [0.5, 0.6) is 0 Å². The molecule has 1 aromatic rings. The van der Waals surface area contributed by atoms with Crippen LogP contribution in [0.2, 0.25) is 0 Å². The molecule has 2 rings (SSSR count). The third-order valence-electron chi connectivity index (χ3n) is 2.76. The summed E-state index contributed by atoms with van der Waals surface area (Å²) in [6.07, 6.45) is -2.54. The van der Waals surface area contributed by atoms with Crippen molar-refractivity contribution in [2.75, 3.05) is 43.4 Å². The van der Waals surface area contributed by atoms with Crippen LogP contribution in [0.3, 0.4) is 0 Å². The molecule has 0 spiro atoms. The van der Waals surface area contributed by atoms with Crippen molar-refractivity contribution >= 4 is 11.5 Å². The Hall–Kier alpha value is -1.44. The van der Waals surface area contributed by atoms with Gasteiger partial charge >= 0.3 is 6.18 Å². The minimum absolute atomic E-state index is 0.379. The molecule has 96 valence electrons. The van der Waals surface area contributed by atoms with E-state index in [1.54, 1.807) is 6.20 Å². The Morgan fingerprint density at radius 3 is 2.41 bits per heavy atom. The number of piperazine rings is 1. The number of hydrogen-bond acceptors (Lipinski definition) is 4. The van der Waals surface area contributed by atoms with Crippen molar-refractivity contribution < 1.29 is 13.2 Å². The Bertz CT molecular complexity index is 367. The molecule has 2 heterocycles. The van der Waals surface area contributed by atoms with Gasteiger partial charge in [-0.3, -0.25) is 10.00 Å². The summed E-state index contributed by atoms with van der Waals surface area (Å²) < 4.78 is 36.6. The number of nitrogens with zero attached hydrogens (tertiary/aromatic N) is 3. The van der Waals surface area contributed by atoms with Crippen LogP contribution in [0.4, 0.5) is 24.7 Å². The number of hydrogen-bond donors (Lipinski definition) is 2. The van der Waals surface area contributed by atoms with E-state index in [9.17, 15) is 13.2 Å². The fourth-order valence-electron chi connectivity index (χ4n) is 1.94. The van der Waals surface area contributed by atoms with Gasteiger partial charge in [-0.05, 0) is 0 Å². The largest absolute Gasteiger partial charge is 0.401 e. The van der Waals surface area contributed by atoms with E-state index in [1.807, 2.05) is 4.90 Å². The lowest BCUT2D eigenvalue weighted by atomic mass is 10.3. The maximum Gasteiger partial charge on any atom is 0.401 e. The molecule has 0 bridgehead atoms. The van der Waals surface area contributed by atoms with Crippen LogP contribution in [0.25, 0.3) is 0 Å². The Labute approximate surface area is 96.4 Å². The molecule has 0 aromatic carbocycles. The molecular weight excluding hydrogens is 235 g/mol. The van der Waals surface area contributed by atoms with Crippen molar-refractivity contribution in [2.24, 2.45) is 0 Å². The number of nitrogens with two attached hydrogens (primary N) is 1. The second-order valence-corrected chi connectivity index (χ2v) is 4.05. The number of halogens is 3. The first-order valence-electron chi connectivity index (χ1n) is 5.28. The number of alkyl halides is 3. The number of aromatic nitrogens is 2. The number of aromatic amines is 1. The van der Waals surface area contributed by atoms with Crippen molar-refractivity contribution in [3.63, 3.8) is 0 Å². The third-order valence-corrected chi connectivity index (χ3v) is 2.76. The molecule has 1 aromatic heterocycles. The first-order chi connectivity index (χ1) is 7.96. The zero-order valence-electron chi connectivity index (χ0n) is 9.17. The lowest BCUT2D eigenvalue weighted by Crippen LogP contribution is -2.49. The van der Waals surface area contributed by atoms with Gasteiger partial charge in [-0.15, -0.1) is 0 Å². The predicted octanol–water partition coefficient (Wildman–Crippen LogP) is 0.676. The molecule has 0 radical (unpaired) electrons. The molecule has 1 saturated heterocycles. The van der Waals surface area contributed by atoms with Crippen LogP contribution in [0, 0.1) is 0 Å². The smallest absolute Gasteiger partial charge is 0.382 e. The van der Waals surface area contributed by atoms with Crippen LogP contribution < -0.4 is 10.6 Å². The topological polar surface area (TPSA) is 61.2 Å². The molecule has 0 unspecified atom stereocenters. The van der Waals surface area contributed by atoms with Gasteiger partial charge in [0.2, 0.25) is 0 Å². The highest BCUT2D eigenvalue weighted by Gasteiger charge is 2.32. The highest BCUT2D eigenvalue weighted by Crippen LogP contribution is 2.22. The second-order valence-electron chi connectivity index (χ2n) is 4.05. The standard InChI is InChI=1S/C9H14F3N5/c10-9(11,12)6-16-1-3-17(4-2-16)7-5-14-15-8(7)13/h5H,1-4,6H2,(H3,13,14,15). The van der Waals surface area contributed by atoms with Crippen LogP contribution in [0.15, 0.2) is 6.20 Å². The number of anilines is 2. The van der Waals surface area contributed by atoms with Crippen molar-refractivity contribution in [3.05, 3.63) is 6.20 Å². The van der Waals surface area contributed by atoms with Crippen molar-refractivity contribution in [1.82, 2.24) is 15.1 Å². The molecule has 8 heteroatoms. The van der Waals surface area contributed by atoms with E-state index in [1.165, 1.54) is 4.90 Å². The molecule has 0 atom stereocenters. The van der Waals surface area contributed by atoms with Gasteiger partial charge in [0.1, 0.15) is 5.82 Å². The van der Waals surface area contributed by atoms with E-state index in [-0.39, 0.29) is 0 Å². The normalized spacial score (nSPS) is 18.6. The summed E-state index contributed by atoms with van der Waals surface area (Å²) in [5, 5.41) is 6.40. The third kappa shape index (κ3) is 3.02. The summed E-state index contributed by atoms with van der Waals surface area (Å²) >= 11 is 0. The first kappa shape index (κ1) is 12.0. The van der Waals surface area contributed by atoms with Gasteiger partial charge < -0.3 is 10.6 Å². The summed E-state index contributed by atoms with van der Waals surface area (Å²) in [4.78, 5) is 3.33. The molecule has 3 N–H and O–H groups in total. The van der Waals surface area contributed by atoms with Crippen molar-refractivity contribution in [2.45, 2.75) is 6.18 Å². The molecule has 1 aliphatic rings. The average Bonchev–Trinajstić information content (AvgIpc) is 2.63. The Morgan fingerprint density at radius 1 is 1.29 bits per heavy atom. The fourth-order valence-corrected chi connectivity index (χ4v) is 1.94. The molecule has 0 aliphatic carbocycles. The Balaban J connectivity index is 1.88. The molecule has 5 nitrogen and oxygen atoms in total. The quantitative estimate of drug-likeness (QED) is 0.809. The maximum atomic E-state index is 12.2. The molecule has 1 fully saturated rings. The summed E-state index contributed by atoms with van der Waals surface area (Å²) in [7, 11) is 0. The second kappa shape index (κ2) is 4.44. The zero-order chi connectivity index (χ0) is 12.5. The lowest BCUT2D eigenvalue weighted by molar-refractivity contribution is -0.146. The van der Waals surface area contributed by atoms with Gasteiger partial charge in [0, 0.05) is 26.2 Å². The summed E-state index contributed by atoms with van der Waals surface area (Å²) in [6.45, 7) is 0.968. The Morgan fingerprint density at radius 2 is 1.94 bits per heavy atom. The van der Waals surface area contributed by atoms with Gasteiger partial charge in [-0.1, -0.05) is 0 Å². The minimum atomic E-state index is -4.13. The number of rotatable bonds is 2. The zero-order valence-corrected chi connectivity index (χ0v) is 9.17. The Kier molecular flexibility index (Phi) is 3.14. The summed E-state index contributed by atoms with van der Waals surface area (Å²) in [5.74, 6) is 0.453. The van der Waals surface area contributed by atoms with E-state index in [4.69, 9.17) is 5.73 Å². The predicted molar refractivity (Wildman–Crippen MR) is 57.7 cm³/mol. The SMILES string of the molecule is Nc1[nH]ncc1N1CCN(CC(F)(F)F)CC1. The number of nitrogens with one attached hydrogen (secondary N) is 1. The summed E-state index contributed by atoms with van der Waals surface area (Å²) in [5.41, 5.74) is 6.42. The van der Waals surface area contributed by atoms with Crippen LogP contribution >= 0.6 is 0 Å². The summed E-state index contributed by atoms with van der Waals surface area (Å²) in [6, 6.07) is 0. The van der Waals surface area contributed by atoms with Gasteiger partial charge in [-0.2, -0.15) is 18.3 Å². The minimum Gasteiger partial charge on any atom is -0.382 e. The molecule has 1 aliphatic heterocycles. The van der Waals surface area contributed by atoms with Gasteiger partial charge in [-0.25, -0.2) is 0 Å². The fraction of sp³-hybridized carbons (Fsp3) is 0.667. The van der Waals surface area contributed by atoms with Crippen LogP contribution in [-0.2, 0) is 0 Å². The highest BCUT2D eigenvalue weighted by atomic mass is 19.4. The number of nitrogen functional groups attached to an aromatic ring is 1. The van der Waals surface area contributed by atoms with Gasteiger partial charge in [0.15, 0.2) is 0 Å². The number of H-pyrrole nitrogens is 1. The van der Waals surface area contributed by atoms with Gasteiger partial charge in [0.25, 0.3) is 0 Å². The van der Waals surface area contributed by atoms with E-state index < -0.39 is 12.7 Å². The molecule has 0 amide bonds. The average molecular weight is 249 g/mol. The first-order valence-corrected chi connectivity index (χ1v) is 5.28. The van der Waals surface area contributed by atoms with Crippen molar-refractivity contribution in [1.29, 1.82) is 0 Å². The maximum absolute atomic E-state index is 12.2. The van der Waals surface area contributed by atoms with Gasteiger partial charge in [0.05, 0.1) is 18.4 Å². The van der Waals surface area contributed by atoms with E-state index in [0.717, 1.165) is 5.69 Å². The molecule has 17 heavy (non-hydrogen) atoms. The highest BCUT2D eigenvalue weighted by molar-refractivity contribution is 5.62. The van der Waals surface area contributed by atoms with Crippen molar-refractivity contribution in [3.8, 4) is 0 Å². The van der Waals surface area contributed by atoms with E-state index in [2.05, 4.69) is 10.2 Å².